The zero-order valence-corrected chi connectivity index (χ0v) is 12.0. The van der Waals surface area contributed by atoms with Gasteiger partial charge in [-0.2, -0.15) is 5.26 Å². The smallest absolute Gasteiger partial charge is 0.118 e. The molecular weight excluding hydrogens is 260 g/mol. The Morgan fingerprint density at radius 2 is 1.90 bits per heavy atom. The average molecular weight is 278 g/mol. The van der Waals surface area contributed by atoms with Gasteiger partial charge in [0, 0.05) is 11.7 Å². The van der Waals surface area contributed by atoms with Crippen LogP contribution < -0.4 is 10.1 Å². The lowest BCUT2D eigenvalue weighted by molar-refractivity contribution is 0.373. The Kier molecular flexibility index (Phi) is 3.79. The largest absolute Gasteiger partial charge is 0.497 e. The molecule has 2 aromatic rings. The molecule has 3 rings (SSSR count). The molecule has 3 nitrogen and oxygen atoms in total. The van der Waals surface area contributed by atoms with E-state index in [-0.39, 0.29) is 0 Å². The van der Waals surface area contributed by atoms with E-state index in [9.17, 15) is 0 Å². The van der Waals surface area contributed by atoms with Gasteiger partial charge in [0.05, 0.1) is 18.7 Å². The molecule has 21 heavy (non-hydrogen) atoms. The zero-order valence-electron chi connectivity index (χ0n) is 12.0. The van der Waals surface area contributed by atoms with Gasteiger partial charge in [-0.05, 0) is 54.7 Å². The maximum Gasteiger partial charge on any atom is 0.118 e. The molecule has 0 bridgehead atoms. The second-order valence-electron chi connectivity index (χ2n) is 5.48. The number of hydrogen-bond acceptors (Lipinski definition) is 3. The summed E-state index contributed by atoms with van der Waals surface area (Å²) in [6, 6.07) is 18.7. The number of nitrogens with zero attached hydrogens (tertiary/aromatic N) is 1. The first-order chi connectivity index (χ1) is 10.3. The molecule has 0 spiro atoms. The number of benzene rings is 2. The predicted octanol–water partition coefficient (Wildman–Crippen LogP) is 3.92. The summed E-state index contributed by atoms with van der Waals surface area (Å²) in [7, 11) is 1.69. The van der Waals surface area contributed by atoms with Gasteiger partial charge in [0.2, 0.25) is 0 Å². The number of nitriles is 1. The molecular formula is C18H18N2O. The average Bonchev–Trinajstić information content (AvgIpc) is 2.51. The third-order valence-electron chi connectivity index (χ3n) is 4.09. The Morgan fingerprint density at radius 3 is 2.57 bits per heavy atom. The molecule has 0 aromatic heterocycles. The zero-order chi connectivity index (χ0) is 14.7. The van der Waals surface area contributed by atoms with Crippen molar-refractivity contribution >= 4 is 5.69 Å². The van der Waals surface area contributed by atoms with Gasteiger partial charge >= 0.3 is 0 Å². The van der Waals surface area contributed by atoms with E-state index >= 15 is 0 Å². The van der Waals surface area contributed by atoms with Crippen LogP contribution in [0, 0.1) is 11.3 Å². The van der Waals surface area contributed by atoms with Crippen molar-refractivity contribution in [3.63, 3.8) is 0 Å². The molecule has 1 fully saturated rings. The van der Waals surface area contributed by atoms with Crippen LogP contribution >= 0.6 is 0 Å². The molecule has 2 aromatic carbocycles. The highest BCUT2D eigenvalue weighted by Crippen LogP contribution is 2.38. The monoisotopic (exact) mass is 278 g/mol. The van der Waals surface area contributed by atoms with Gasteiger partial charge in [0.15, 0.2) is 0 Å². The van der Waals surface area contributed by atoms with Crippen LogP contribution in [0.15, 0.2) is 48.5 Å². The fourth-order valence-electron chi connectivity index (χ4n) is 2.80. The second-order valence-corrected chi connectivity index (χ2v) is 5.48. The van der Waals surface area contributed by atoms with Crippen molar-refractivity contribution < 1.29 is 4.74 Å². The standard InChI is InChI=1S/C18H18N2O/c1-21-18-7-5-14(6-8-18)15-10-17(11-15)20-16-4-2-3-13(9-16)12-19/h2-9,15,17,20H,10-11H2,1H3. The van der Waals surface area contributed by atoms with Crippen LogP contribution in [0.1, 0.15) is 29.9 Å². The van der Waals surface area contributed by atoms with Crippen molar-refractivity contribution in [3.05, 3.63) is 59.7 Å². The molecule has 0 radical (unpaired) electrons. The summed E-state index contributed by atoms with van der Waals surface area (Å²) in [5.74, 6) is 1.52. The molecule has 0 amide bonds. The lowest BCUT2D eigenvalue weighted by Crippen LogP contribution is -2.33. The normalized spacial score (nSPS) is 20.2. The summed E-state index contributed by atoms with van der Waals surface area (Å²) < 4.78 is 5.18. The Balaban J connectivity index is 1.56. The van der Waals surface area contributed by atoms with Crippen LogP contribution in [0.5, 0.6) is 5.75 Å². The van der Waals surface area contributed by atoms with E-state index in [0.717, 1.165) is 24.3 Å². The number of nitrogens with one attached hydrogen (secondary N) is 1. The molecule has 0 saturated heterocycles. The lowest BCUT2D eigenvalue weighted by atomic mass is 9.76. The molecule has 1 N–H and O–H groups in total. The first-order valence-electron chi connectivity index (χ1n) is 7.19. The lowest BCUT2D eigenvalue weighted by Gasteiger charge is -2.37. The summed E-state index contributed by atoms with van der Waals surface area (Å²) in [6.45, 7) is 0. The molecule has 0 heterocycles. The molecule has 1 saturated carbocycles. The fraction of sp³-hybridized carbons (Fsp3) is 0.278. The minimum Gasteiger partial charge on any atom is -0.497 e. The van der Waals surface area contributed by atoms with Crippen molar-refractivity contribution in [2.24, 2.45) is 0 Å². The van der Waals surface area contributed by atoms with Crippen molar-refractivity contribution in [1.29, 1.82) is 5.26 Å². The Labute approximate surface area is 125 Å². The number of ether oxygens (including phenoxy) is 1. The highest BCUT2D eigenvalue weighted by molar-refractivity contribution is 5.50. The van der Waals surface area contributed by atoms with Crippen LogP contribution in [-0.4, -0.2) is 13.2 Å². The Bertz CT molecular complexity index is 652. The number of methoxy groups -OCH3 is 1. The maximum absolute atomic E-state index is 8.91. The van der Waals surface area contributed by atoms with Crippen LogP contribution in [0.2, 0.25) is 0 Å². The van der Waals surface area contributed by atoms with E-state index in [1.54, 1.807) is 7.11 Å². The number of rotatable bonds is 4. The molecule has 0 unspecified atom stereocenters. The number of anilines is 1. The molecule has 0 aliphatic heterocycles. The van der Waals surface area contributed by atoms with E-state index in [4.69, 9.17) is 10.00 Å². The van der Waals surface area contributed by atoms with Crippen molar-refractivity contribution in [3.8, 4) is 11.8 Å². The summed E-state index contributed by atoms with van der Waals surface area (Å²) >= 11 is 0. The molecule has 3 heteroatoms. The van der Waals surface area contributed by atoms with E-state index in [1.807, 2.05) is 36.4 Å². The predicted molar refractivity (Wildman–Crippen MR) is 83.5 cm³/mol. The van der Waals surface area contributed by atoms with Crippen LogP contribution in [0.25, 0.3) is 0 Å². The highest BCUT2D eigenvalue weighted by atomic mass is 16.5. The Morgan fingerprint density at radius 1 is 1.14 bits per heavy atom. The molecule has 106 valence electrons. The van der Waals surface area contributed by atoms with E-state index in [1.165, 1.54) is 5.56 Å². The van der Waals surface area contributed by atoms with Gasteiger partial charge in [-0.3, -0.25) is 0 Å². The van der Waals surface area contributed by atoms with Gasteiger partial charge in [0.25, 0.3) is 0 Å². The molecule has 0 atom stereocenters. The van der Waals surface area contributed by atoms with Crippen LogP contribution in [-0.2, 0) is 0 Å². The van der Waals surface area contributed by atoms with E-state index < -0.39 is 0 Å². The Hall–Kier alpha value is -2.47. The van der Waals surface area contributed by atoms with Crippen molar-refractivity contribution in [2.75, 3.05) is 12.4 Å². The quantitative estimate of drug-likeness (QED) is 0.921. The summed E-state index contributed by atoms with van der Waals surface area (Å²) in [4.78, 5) is 0. The van der Waals surface area contributed by atoms with Gasteiger partial charge in [0.1, 0.15) is 5.75 Å². The van der Waals surface area contributed by atoms with Crippen LogP contribution in [0.3, 0.4) is 0 Å². The first kappa shape index (κ1) is 13.5. The number of hydrogen-bond donors (Lipinski definition) is 1. The summed E-state index contributed by atoms with van der Waals surface area (Å²) in [6.07, 6.45) is 2.26. The minimum atomic E-state index is 0.492. The third kappa shape index (κ3) is 3.00. The third-order valence-corrected chi connectivity index (χ3v) is 4.09. The summed E-state index contributed by atoms with van der Waals surface area (Å²) in [5.41, 5.74) is 3.11. The topological polar surface area (TPSA) is 45.0 Å². The van der Waals surface area contributed by atoms with Gasteiger partial charge in [-0.25, -0.2) is 0 Å². The van der Waals surface area contributed by atoms with Gasteiger partial charge < -0.3 is 10.1 Å². The minimum absolute atomic E-state index is 0.492. The van der Waals surface area contributed by atoms with Crippen molar-refractivity contribution in [2.45, 2.75) is 24.8 Å². The first-order valence-corrected chi connectivity index (χ1v) is 7.19. The molecule has 1 aliphatic rings. The molecule has 1 aliphatic carbocycles. The SMILES string of the molecule is COc1ccc(C2CC(Nc3cccc(C#N)c3)C2)cc1. The summed E-state index contributed by atoms with van der Waals surface area (Å²) in [5, 5.41) is 12.4. The fourth-order valence-corrected chi connectivity index (χ4v) is 2.80. The van der Waals surface area contributed by atoms with Gasteiger partial charge in [-0.1, -0.05) is 18.2 Å². The van der Waals surface area contributed by atoms with E-state index in [2.05, 4.69) is 23.5 Å². The van der Waals surface area contributed by atoms with Crippen molar-refractivity contribution in [1.82, 2.24) is 0 Å². The van der Waals surface area contributed by atoms with E-state index in [0.29, 0.717) is 17.5 Å². The second kappa shape index (κ2) is 5.88. The van der Waals surface area contributed by atoms with Gasteiger partial charge in [-0.15, -0.1) is 0 Å². The maximum atomic E-state index is 8.91. The highest BCUT2D eigenvalue weighted by Gasteiger charge is 2.30. The van der Waals surface area contributed by atoms with Crippen LogP contribution in [0.4, 0.5) is 5.69 Å².